The normalized spacial score (nSPS) is 10.6. The van der Waals surface area contributed by atoms with Gasteiger partial charge >= 0.3 is 0 Å². The Morgan fingerprint density at radius 1 is 1.47 bits per heavy atom. The van der Waals surface area contributed by atoms with Gasteiger partial charge in [-0.1, -0.05) is 0 Å². The zero-order chi connectivity index (χ0) is 13.7. The van der Waals surface area contributed by atoms with Crippen LogP contribution in [-0.2, 0) is 13.0 Å². The number of hydrogen-bond donors (Lipinski definition) is 3. The number of aromatic nitrogens is 2. The van der Waals surface area contributed by atoms with Gasteiger partial charge in [-0.05, 0) is 33.6 Å². The largest absolute Gasteiger partial charge is 0.503 e. The van der Waals surface area contributed by atoms with E-state index in [1.165, 1.54) is 7.11 Å². The Bertz CT molecular complexity index is 529. The Morgan fingerprint density at radius 3 is 3.00 bits per heavy atom. The molecule has 0 aliphatic heterocycles. The molecule has 102 valence electrons. The molecule has 2 aromatic rings. The third kappa shape index (κ3) is 3.71. The summed E-state index contributed by atoms with van der Waals surface area (Å²) in [6, 6.07) is 3.69. The first-order chi connectivity index (χ1) is 9.20. The molecule has 0 unspecified atom stereocenters. The third-order valence-corrected chi connectivity index (χ3v) is 3.34. The summed E-state index contributed by atoms with van der Waals surface area (Å²) >= 11 is 3.31. The number of methoxy groups -OCH3 is 1. The van der Waals surface area contributed by atoms with Gasteiger partial charge in [-0.3, -0.25) is 0 Å². The first-order valence-electron chi connectivity index (χ1n) is 5.95. The summed E-state index contributed by atoms with van der Waals surface area (Å²) in [6.07, 6.45) is 4.41. The monoisotopic (exact) mass is 325 g/mol. The summed E-state index contributed by atoms with van der Waals surface area (Å²) in [5, 5.41) is 13.0. The van der Waals surface area contributed by atoms with Crippen LogP contribution >= 0.6 is 15.9 Å². The number of H-pyrrole nitrogens is 1. The summed E-state index contributed by atoms with van der Waals surface area (Å²) in [5.74, 6) is 1.57. The Labute approximate surface area is 120 Å². The molecular weight excluding hydrogens is 310 g/mol. The standard InChI is InChI=1S/C13H16BrN3O2/c1-19-11-7-9(6-10(14)13(11)18)8-15-3-2-12-16-4-5-17-12/h4-7,15,18H,2-3,8H2,1H3,(H,16,17). The Balaban J connectivity index is 1.87. The number of imidazole rings is 1. The van der Waals surface area contributed by atoms with E-state index >= 15 is 0 Å². The summed E-state index contributed by atoms with van der Waals surface area (Å²) in [5.41, 5.74) is 1.04. The number of benzene rings is 1. The molecule has 0 saturated carbocycles. The maximum absolute atomic E-state index is 9.71. The SMILES string of the molecule is COc1cc(CNCCc2ncc[nH]2)cc(Br)c1O. The van der Waals surface area contributed by atoms with E-state index in [2.05, 4.69) is 31.2 Å². The summed E-state index contributed by atoms with van der Waals surface area (Å²) in [4.78, 5) is 7.22. The van der Waals surface area contributed by atoms with Crippen LogP contribution in [-0.4, -0.2) is 28.7 Å². The molecule has 1 aromatic heterocycles. The number of halogens is 1. The smallest absolute Gasteiger partial charge is 0.172 e. The molecule has 1 aromatic carbocycles. The molecule has 0 atom stereocenters. The predicted octanol–water partition coefficient (Wildman–Crippen LogP) is 2.22. The number of rotatable bonds is 6. The van der Waals surface area contributed by atoms with Gasteiger partial charge in [0.05, 0.1) is 11.6 Å². The maximum atomic E-state index is 9.71. The fraction of sp³-hybridized carbons (Fsp3) is 0.308. The van der Waals surface area contributed by atoms with Crippen molar-refractivity contribution < 1.29 is 9.84 Å². The number of hydrogen-bond acceptors (Lipinski definition) is 4. The second kappa shape index (κ2) is 6.58. The van der Waals surface area contributed by atoms with E-state index in [0.717, 1.165) is 24.4 Å². The highest BCUT2D eigenvalue weighted by molar-refractivity contribution is 9.10. The van der Waals surface area contributed by atoms with E-state index in [1.807, 2.05) is 18.3 Å². The fourth-order valence-electron chi connectivity index (χ4n) is 1.76. The molecule has 0 spiro atoms. The lowest BCUT2D eigenvalue weighted by Gasteiger charge is -2.09. The van der Waals surface area contributed by atoms with E-state index in [0.29, 0.717) is 16.8 Å². The van der Waals surface area contributed by atoms with Crippen LogP contribution in [0.2, 0.25) is 0 Å². The van der Waals surface area contributed by atoms with Gasteiger partial charge in [0.25, 0.3) is 0 Å². The molecule has 0 aliphatic rings. The zero-order valence-corrected chi connectivity index (χ0v) is 12.2. The second-order valence-electron chi connectivity index (χ2n) is 4.09. The van der Waals surface area contributed by atoms with Crippen LogP contribution in [0.15, 0.2) is 29.0 Å². The van der Waals surface area contributed by atoms with Gasteiger partial charge in [-0.2, -0.15) is 0 Å². The van der Waals surface area contributed by atoms with Crippen molar-refractivity contribution >= 4 is 15.9 Å². The fourth-order valence-corrected chi connectivity index (χ4v) is 2.25. The van der Waals surface area contributed by atoms with Crippen LogP contribution in [0, 0.1) is 0 Å². The molecule has 1 heterocycles. The average Bonchev–Trinajstić information content (AvgIpc) is 2.91. The van der Waals surface area contributed by atoms with Gasteiger partial charge in [0.1, 0.15) is 5.82 Å². The van der Waals surface area contributed by atoms with Crippen molar-refractivity contribution in [3.63, 3.8) is 0 Å². The van der Waals surface area contributed by atoms with Gasteiger partial charge < -0.3 is 20.1 Å². The number of ether oxygens (including phenoxy) is 1. The van der Waals surface area contributed by atoms with Crippen molar-refractivity contribution in [3.8, 4) is 11.5 Å². The van der Waals surface area contributed by atoms with Crippen molar-refractivity contribution in [2.75, 3.05) is 13.7 Å². The van der Waals surface area contributed by atoms with Gasteiger partial charge in [0.2, 0.25) is 0 Å². The van der Waals surface area contributed by atoms with Crippen LogP contribution < -0.4 is 10.1 Å². The Kier molecular flexibility index (Phi) is 4.81. The Hall–Kier alpha value is -1.53. The highest BCUT2D eigenvalue weighted by Crippen LogP contribution is 2.35. The van der Waals surface area contributed by atoms with E-state index in [1.54, 1.807) is 6.20 Å². The zero-order valence-electron chi connectivity index (χ0n) is 10.6. The van der Waals surface area contributed by atoms with E-state index in [9.17, 15) is 5.11 Å². The molecule has 2 rings (SSSR count). The van der Waals surface area contributed by atoms with Gasteiger partial charge in [0, 0.05) is 31.9 Å². The lowest BCUT2D eigenvalue weighted by atomic mass is 10.2. The number of phenols is 1. The van der Waals surface area contributed by atoms with Gasteiger partial charge in [-0.15, -0.1) is 0 Å². The molecule has 6 heteroatoms. The van der Waals surface area contributed by atoms with Crippen LogP contribution in [0.25, 0.3) is 0 Å². The number of nitrogens with one attached hydrogen (secondary N) is 2. The van der Waals surface area contributed by atoms with Crippen molar-refractivity contribution in [3.05, 3.63) is 40.4 Å². The van der Waals surface area contributed by atoms with Crippen LogP contribution in [0.4, 0.5) is 0 Å². The second-order valence-corrected chi connectivity index (χ2v) is 4.95. The molecule has 0 radical (unpaired) electrons. The first-order valence-corrected chi connectivity index (χ1v) is 6.74. The van der Waals surface area contributed by atoms with Crippen molar-refractivity contribution in [1.29, 1.82) is 0 Å². The van der Waals surface area contributed by atoms with E-state index < -0.39 is 0 Å². The minimum atomic E-state index is 0.127. The molecule has 0 bridgehead atoms. The van der Waals surface area contributed by atoms with Crippen LogP contribution in [0.5, 0.6) is 11.5 Å². The highest BCUT2D eigenvalue weighted by Gasteiger charge is 2.08. The lowest BCUT2D eigenvalue weighted by Crippen LogP contribution is -2.17. The predicted molar refractivity (Wildman–Crippen MR) is 76.4 cm³/mol. The summed E-state index contributed by atoms with van der Waals surface area (Å²) in [6.45, 7) is 1.53. The van der Waals surface area contributed by atoms with Crippen LogP contribution in [0.3, 0.4) is 0 Å². The van der Waals surface area contributed by atoms with Gasteiger partial charge in [-0.25, -0.2) is 4.98 Å². The highest BCUT2D eigenvalue weighted by atomic mass is 79.9. The summed E-state index contributed by atoms with van der Waals surface area (Å²) < 4.78 is 5.74. The molecule has 0 aliphatic carbocycles. The van der Waals surface area contributed by atoms with E-state index in [-0.39, 0.29) is 5.75 Å². The molecule has 5 nitrogen and oxygen atoms in total. The number of aromatic hydroxyl groups is 1. The Morgan fingerprint density at radius 2 is 2.32 bits per heavy atom. The third-order valence-electron chi connectivity index (χ3n) is 2.73. The summed E-state index contributed by atoms with van der Waals surface area (Å²) in [7, 11) is 1.54. The van der Waals surface area contributed by atoms with Gasteiger partial charge in [0.15, 0.2) is 11.5 Å². The molecule has 19 heavy (non-hydrogen) atoms. The number of aromatic amines is 1. The molecule has 0 saturated heterocycles. The number of nitrogens with zero attached hydrogens (tertiary/aromatic N) is 1. The van der Waals surface area contributed by atoms with Crippen LogP contribution in [0.1, 0.15) is 11.4 Å². The first kappa shape index (κ1) is 13.9. The van der Waals surface area contributed by atoms with Crippen molar-refractivity contribution in [1.82, 2.24) is 15.3 Å². The van der Waals surface area contributed by atoms with Crippen molar-refractivity contribution in [2.45, 2.75) is 13.0 Å². The minimum Gasteiger partial charge on any atom is -0.503 e. The van der Waals surface area contributed by atoms with Crippen molar-refractivity contribution in [2.24, 2.45) is 0 Å². The lowest BCUT2D eigenvalue weighted by molar-refractivity contribution is 0.371. The molecule has 3 N–H and O–H groups in total. The van der Waals surface area contributed by atoms with E-state index in [4.69, 9.17) is 4.74 Å². The maximum Gasteiger partial charge on any atom is 0.172 e. The minimum absolute atomic E-state index is 0.127. The average molecular weight is 326 g/mol. The molecular formula is C13H16BrN3O2. The quantitative estimate of drug-likeness (QED) is 0.712. The topological polar surface area (TPSA) is 70.2 Å². The molecule has 0 fully saturated rings. The number of phenolic OH excluding ortho intramolecular Hbond substituents is 1. The molecule has 0 amide bonds.